The molecule has 0 radical (unpaired) electrons. The lowest BCUT2D eigenvalue weighted by atomic mass is 10.0. The fourth-order valence-corrected chi connectivity index (χ4v) is 3.84. The normalized spacial score (nSPS) is 11.2. The zero-order valence-corrected chi connectivity index (χ0v) is 17.4. The van der Waals surface area contributed by atoms with Gasteiger partial charge in [0, 0.05) is 43.2 Å². The van der Waals surface area contributed by atoms with Crippen LogP contribution < -0.4 is 4.74 Å². The molecule has 2 aromatic carbocycles. The van der Waals surface area contributed by atoms with E-state index in [1.54, 1.807) is 17.8 Å². The predicted molar refractivity (Wildman–Crippen MR) is 113 cm³/mol. The van der Waals surface area contributed by atoms with Crippen molar-refractivity contribution in [2.75, 3.05) is 6.61 Å². The number of aromatic nitrogens is 4. The van der Waals surface area contributed by atoms with E-state index in [-0.39, 0.29) is 5.82 Å². The number of benzene rings is 2. The largest absolute Gasteiger partial charge is 0.492 e. The summed E-state index contributed by atoms with van der Waals surface area (Å²) in [6.07, 6.45) is 1.42. The highest BCUT2D eigenvalue weighted by molar-refractivity contribution is 5.97. The van der Waals surface area contributed by atoms with E-state index in [2.05, 4.69) is 10.2 Å². The Morgan fingerprint density at radius 1 is 1.07 bits per heavy atom. The third-order valence-electron chi connectivity index (χ3n) is 5.51. The molecule has 30 heavy (non-hydrogen) atoms. The van der Waals surface area contributed by atoms with Gasteiger partial charge < -0.3 is 4.74 Å². The number of nitrogens with zero attached hydrogens (tertiary/aromatic N) is 4. The molecule has 4 rings (SSSR count). The lowest BCUT2D eigenvalue weighted by Gasteiger charge is -2.13. The zero-order valence-electron chi connectivity index (χ0n) is 17.4. The monoisotopic (exact) mass is 406 g/mol. The number of hydrogen-bond acceptors (Lipinski definition) is 4. The molecule has 0 atom stereocenters. The van der Waals surface area contributed by atoms with Crippen LogP contribution >= 0.6 is 0 Å². The second kappa shape index (κ2) is 7.74. The van der Waals surface area contributed by atoms with Crippen molar-refractivity contribution in [3.8, 4) is 16.9 Å². The van der Waals surface area contributed by atoms with Crippen LogP contribution in [-0.4, -0.2) is 32.5 Å². The van der Waals surface area contributed by atoms with Crippen molar-refractivity contribution in [2.45, 2.75) is 20.3 Å². The van der Waals surface area contributed by atoms with Gasteiger partial charge in [-0.3, -0.25) is 14.2 Å². The van der Waals surface area contributed by atoms with Crippen molar-refractivity contribution < 1.29 is 13.9 Å². The van der Waals surface area contributed by atoms with Gasteiger partial charge in [-0.25, -0.2) is 4.39 Å². The Labute approximate surface area is 173 Å². The summed E-state index contributed by atoms with van der Waals surface area (Å²) >= 11 is 0. The number of carbonyl (C=O) groups excluding carboxylic acids is 1. The average Bonchev–Trinajstić information content (AvgIpc) is 3.17. The summed E-state index contributed by atoms with van der Waals surface area (Å²) in [6, 6.07) is 10.2. The fraction of sp³-hybridized carbons (Fsp3) is 0.261. The molecule has 0 fully saturated rings. The van der Waals surface area contributed by atoms with Gasteiger partial charge in [-0.1, -0.05) is 6.07 Å². The molecule has 0 unspecified atom stereocenters. The summed E-state index contributed by atoms with van der Waals surface area (Å²) in [5.74, 6) is 0.101. The van der Waals surface area contributed by atoms with Gasteiger partial charge >= 0.3 is 0 Å². The van der Waals surface area contributed by atoms with Gasteiger partial charge in [0.05, 0.1) is 17.8 Å². The average molecular weight is 406 g/mol. The van der Waals surface area contributed by atoms with Crippen molar-refractivity contribution in [3.05, 3.63) is 64.9 Å². The van der Waals surface area contributed by atoms with E-state index in [1.165, 1.54) is 12.1 Å². The Bertz CT molecular complexity index is 1260. The summed E-state index contributed by atoms with van der Waals surface area (Å²) in [4.78, 5) is 11.4. The summed E-state index contributed by atoms with van der Waals surface area (Å²) in [5.41, 5.74) is 6.04. The predicted octanol–water partition coefficient (Wildman–Crippen LogP) is 4.16. The number of aldehydes is 1. The molecule has 2 aromatic heterocycles. The van der Waals surface area contributed by atoms with Crippen LogP contribution in [-0.2, 0) is 20.5 Å². The molecule has 0 N–H and O–H groups in total. The highest BCUT2D eigenvalue weighted by atomic mass is 19.1. The maximum atomic E-state index is 14.0. The first kappa shape index (κ1) is 19.8. The molecule has 0 amide bonds. The number of hydrogen-bond donors (Lipinski definition) is 0. The fourth-order valence-electron chi connectivity index (χ4n) is 3.84. The Kier molecular flexibility index (Phi) is 5.11. The second-order valence-corrected chi connectivity index (χ2v) is 7.37. The van der Waals surface area contributed by atoms with Gasteiger partial charge in [-0.15, -0.1) is 0 Å². The summed E-state index contributed by atoms with van der Waals surface area (Å²) in [5, 5.41) is 9.41. The van der Waals surface area contributed by atoms with Crippen LogP contribution in [0.5, 0.6) is 5.75 Å². The van der Waals surface area contributed by atoms with Crippen LogP contribution in [0.1, 0.15) is 27.4 Å². The number of fused-ring (bicyclic) bond motifs is 1. The first-order valence-electron chi connectivity index (χ1n) is 9.72. The first-order valence-corrected chi connectivity index (χ1v) is 9.72. The van der Waals surface area contributed by atoms with Crippen LogP contribution in [0.25, 0.3) is 22.0 Å². The molecular formula is C23H23FN4O2. The lowest BCUT2D eigenvalue weighted by Crippen LogP contribution is -2.04. The highest BCUT2D eigenvalue weighted by Crippen LogP contribution is 2.33. The van der Waals surface area contributed by atoms with Crippen LogP contribution in [0.15, 0.2) is 36.4 Å². The molecule has 0 aliphatic heterocycles. The molecule has 0 aliphatic rings. The minimum absolute atomic E-state index is 0.362. The summed E-state index contributed by atoms with van der Waals surface area (Å²) in [7, 11) is 3.71. The molecule has 0 aliphatic carbocycles. The maximum absolute atomic E-state index is 14.0. The van der Waals surface area contributed by atoms with Gasteiger partial charge in [0.2, 0.25) is 0 Å². The SMILES string of the molecule is Cc1nn(C)c(C)c1CCOc1cc(F)ccc1-c1ccc2c(c1)c(C=O)nn2C. The zero-order chi connectivity index (χ0) is 21.4. The third kappa shape index (κ3) is 3.47. The van der Waals surface area contributed by atoms with Gasteiger partial charge in [0.15, 0.2) is 6.29 Å². The minimum Gasteiger partial charge on any atom is -0.492 e. The Morgan fingerprint density at radius 2 is 1.87 bits per heavy atom. The van der Waals surface area contributed by atoms with Gasteiger partial charge in [-0.2, -0.15) is 10.2 Å². The smallest absolute Gasteiger partial charge is 0.170 e. The molecule has 0 saturated carbocycles. The molecule has 6 nitrogen and oxygen atoms in total. The molecular weight excluding hydrogens is 383 g/mol. The van der Waals surface area contributed by atoms with Crippen LogP contribution in [0.2, 0.25) is 0 Å². The number of rotatable bonds is 6. The van der Waals surface area contributed by atoms with Crippen LogP contribution in [0.4, 0.5) is 4.39 Å². The molecule has 0 saturated heterocycles. The van der Waals surface area contributed by atoms with Crippen molar-refractivity contribution in [1.29, 1.82) is 0 Å². The Morgan fingerprint density at radius 3 is 2.57 bits per heavy atom. The van der Waals surface area contributed by atoms with E-state index < -0.39 is 0 Å². The van der Waals surface area contributed by atoms with Gasteiger partial charge in [0.1, 0.15) is 17.3 Å². The number of aryl methyl sites for hydroxylation is 3. The molecule has 0 spiro atoms. The van der Waals surface area contributed by atoms with E-state index in [0.29, 0.717) is 24.5 Å². The van der Waals surface area contributed by atoms with Crippen molar-refractivity contribution in [2.24, 2.45) is 14.1 Å². The summed E-state index contributed by atoms with van der Waals surface area (Å²) < 4.78 is 23.5. The Hall–Kier alpha value is -3.48. The van der Waals surface area contributed by atoms with Gasteiger partial charge in [-0.05, 0) is 49.2 Å². The number of carbonyl (C=O) groups is 1. The number of halogens is 1. The summed E-state index contributed by atoms with van der Waals surface area (Å²) in [6.45, 7) is 4.40. The van der Waals surface area contributed by atoms with Crippen molar-refractivity contribution >= 4 is 17.2 Å². The first-order chi connectivity index (χ1) is 14.4. The second-order valence-electron chi connectivity index (χ2n) is 7.37. The van der Waals surface area contributed by atoms with Gasteiger partial charge in [0.25, 0.3) is 0 Å². The molecule has 2 heterocycles. The van der Waals surface area contributed by atoms with E-state index in [9.17, 15) is 9.18 Å². The molecule has 4 aromatic rings. The molecule has 154 valence electrons. The topological polar surface area (TPSA) is 61.9 Å². The quantitative estimate of drug-likeness (QED) is 0.451. The highest BCUT2D eigenvalue weighted by Gasteiger charge is 2.14. The van der Waals surface area contributed by atoms with Crippen LogP contribution in [0, 0.1) is 19.7 Å². The lowest BCUT2D eigenvalue weighted by molar-refractivity contribution is 0.111. The van der Waals surface area contributed by atoms with E-state index >= 15 is 0 Å². The standard InChI is InChI=1S/C23H23FN4O2/c1-14-18(15(2)27(3)25-14)9-10-30-23-12-17(24)6-7-19(23)16-5-8-22-20(11-16)21(13-29)26-28(22)4/h5-8,11-13H,9-10H2,1-4H3. The van der Waals surface area contributed by atoms with E-state index in [1.807, 2.05) is 43.8 Å². The van der Waals surface area contributed by atoms with Crippen LogP contribution in [0.3, 0.4) is 0 Å². The van der Waals surface area contributed by atoms with E-state index in [4.69, 9.17) is 4.74 Å². The molecule has 7 heteroatoms. The minimum atomic E-state index is -0.362. The van der Waals surface area contributed by atoms with E-state index in [0.717, 1.165) is 45.3 Å². The molecule has 0 bridgehead atoms. The van der Waals surface area contributed by atoms with Crippen molar-refractivity contribution in [1.82, 2.24) is 19.6 Å². The maximum Gasteiger partial charge on any atom is 0.170 e. The third-order valence-corrected chi connectivity index (χ3v) is 5.51. The number of ether oxygens (including phenoxy) is 1. The van der Waals surface area contributed by atoms with Crippen molar-refractivity contribution in [3.63, 3.8) is 0 Å². The Balaban J connectivity index is 1.65.